The summed E-state index contributed by atoms with van der Waals surface area (Å²) < 4.78 is 7.75. The van der Waals surface area contributed by atoms with Crippen molar-refractivity contribution in [3.63, 3.8) is 0 Å². The van der Waals surface area contributed by atoms with Crippen molar-refractivity contribution in [1.82, 2.24) is 29.5 Å². The third kappa shape index (κ3) is 2.36. The van der Waals surface area contributed by atoms with Crippen LogP contribution in [-0.4, -0.2) is 41.9 Å². The number of fused-ring (bicyclic) bond motifs is 2. The zero-order valence-electron chi connectivity index (χ0n) is 14.3. The second-order valence-electron chi connectivity index (χ2n) is 6.29. The van der Waals surface area contributed by atoms with E-state index in [4.69, 9.17) is 4.42 Å². The number of oxazole rings is 1. The van der Waals surface area contributed by atoms with Gasteiger partial charge in [-0.1, -0.05) is 6.07 Å². The van der Waals surface area contributed by atoms with Crippen LogP contribution in [0.2, 0.25) is 0 Å². The first-order chi connectivity index (χ1) is 13.7. The van der Waals surface area contributed by atoms with Crippen molar-refractivity contribution < 1.29 is 9.21 Å². The lowest BCUT2D eigenvalue weighted by molar-refractivity contribution is 0.0653. The molecule has 1 atom stereocenters. The molecule has 28 heavy (non-hydrogen) atoms. The first-order valence-electron chi connectivity index (χ1n) is 8.48. The van der Waals surface area contributed by atoms with Gasteiger partial charge in [0.2, 0.25) is 5.76 Å². The fourth-order valence-electron chi connectivity index (χ4n) is 3.54. The maximum absolute atomic E-state index is 13.2. The fourth-order valence-corrected chi connectivity index (χ4v) is 4.15. The fraction of sp³-hybridized carbons (Fsp3) is 0.167. The Morgan fingerprint density at radius 1 is 1.36 bits per heavy atom. The molecule has 0 radical (unpaired) electrons. The molecule has 0 saturated carbocycles. The second kappa shape index (κ2) is 6.31. The number of carbonyl (C=O) groups excluding carboxylic acids is 1. The van der Waals surface area contributed by atoms with Crippen molar-refractivity contribution in [2.24, 2.45) is 0 Å². The van der Waals surface area contributed by atoms with E-state index in [9.17, 15) is 10.1 Å². The largest absolute Gasteiger partial charge is 0.437 e. The Bertz CT molecular complexity index is 1250. The molecule has 9 nitrogen and oxygen atoms in total. The number of hydrogen-bond acceptors (Lipinski definition) is 6. The number of rotatable bonds is 2. The third-order valence-electron chi connectivity index (χ3n) is 4.82. The maximum Gasteiger partial charge on any atom is 0.293 e. The van der Waals surface area contributed by atoms with Crippen LogP contribution >= 0.6 is 15.9 Å². The van der Waals surface area contributed by atoms with Crippen molar-refractivity contribution in [3.05, 3.63) is 70.1 Å². The predicted octanol–water partition coefficient (Wildman–Crippen LogP) is 2.47. The molecule has 138 valence electrons. The number of nitrogens with one attached hydrogen (secondary N) is 1. The summed E-state index contributed by atoms with van der Waals surface area (Å²) in [5.74, 6) is -0.497. The molecule has 0 bridgehead atoms. The van der Waals surface area contributed by atoms with Gasteiger partial charge in [-0.25, -0.2) is 14.5 Å². The van der Waals surface area contributed by atoms with Gasteiger partial charge in [0.15, 0.2) is 12.1 Å². The molecule has 10 heteroatoms. The van der Waals surface area contributed by atoms with E-state index in [1.165, 1.54) is 0 Å². The summed E-state index contributed by atoms with van der Waals surface area (Å²) in [7, 11) is 0. The molecule has 0 aromatic carbocycles. The average Bonchev–Trinajstić information content (AvgIpc) is 3.45. The number of aromatic nitrogens is 5. The highest BCUT2D eigenvalue weighted by Crippen LogP contribution is 2.38. The highest BCUT2D eigenvalue weighted by atomic mass is 79.9. The topological polar surface area (TPSA) is 116 Å². The van der Waals surface area contributed by atoms with Crippen molar-refractivity contribution in [2.75, 3.05) is 6.54 Å². The first kappa shape index (κ1) is 16.7. The van der Waals surface area contributed by atoms with E-state index >= 15 is 0 Å². The van der Waals surface area contributed by atoms with Crippen LogP contribution in [0.15, 0.2) is 46.0 Å². The Kier molecular flexibility index (Phi) is 3.77. The van der Waals surface area contributed by atoms with Crippen LogP contribution in [0.4, 0.5) is 0 Å². The van der Waals surface area contributed by atoms with Crippen molar-refractivity contribution in [2.45, 2.75) is 12.5 Å². The number of H-pyrrole nitrogens is 1. The van der Waals surface area contributed by atoms with Gasteiger partial charge in [0.25, 0.3) is 5.91 Å². The van der Waals surface area contributed by atoms with Crippen molar-refractivity contribution in [3.8, 4) is 6.07 Å². The molecule has 5 heterocycles. The van der Waals surface area contributed by atoms with Crippen LogP contribution in [0.1, 0.15) is 39.4 Å². The zero-order valence-corrected chi connectivity index (χ0v) is 15.9. The summed E-state index contributed by atoms with van der Waals surface area (Å²) in [5.41, 5.74) is 3.18. The molecule has 1 N–H and O–H groups in total. The Balaban J connectivity index is 1.68. The number of amides is 1. The highest BCUT2D eigenvalue weighted by Gasteiger charge is 2.39. The Morgan fingerprint density at radius 2 is 2.25 bits per heavy atom. The number of nitriles is 1. The molecule has 0 spiro atoms. The van der Waals surface area contributed by atoms with Crippen LogP contribution < -0.4 is 0 Å². The summed E-state index contributed by atoms with van der Waals surface area (Å²) in [4.78, 5) is 26.3. The van der Waals surface area contributed by atoms with E-state index in [2.05, 4.69) is 36.0 Å². The molecule has 4 aromatic heterocycles. The monoisotopic (exact) mass is 437 g/mol. The summed E-state index contributed by atoms with van der Waals surface area (Å²) in [5, 5.41) is 13.9. The number of halogens is 1. The summed E-state index contributed by atoms with van der Waals surface area (Å²) in [6.07, 6.45) is 5.17. The van der Waals surface area contributed by atoms with Crippen LogP contribution in [0.25, 0.3) is 5.52 Å². The van der Waals surface area contributed by atoms with Crippen LogP contribution in [0.3, 0.4) is 0 Å². The zero-order chi connectivity index (χ0) is 19.3. The third-order valence-corrected chi connectivity index (χ3v) is 5.63. The highest BCUT2D eigenvalue weighted by molar-refractivity contribution is 9.10. The number of carbonyl (C=O) groups is 1. The van der Waals surface area contributed by atoms with E-state index in [0.717, 1.165) is 27.8 Å². The predicted molar refractivity (Wildman–Crippen MR) is 99.3 cm³/mol. The van der Waals surface area contributed by atoms with Crippen LogP contribution in [0.5, 0.6) is 0 Å². The number of hydrogen-bond donors (Lipinski definition) is 1. The Morgan fingerprint density at radius 3 is 3.07 bits per heavy atom. The molecule has 1 aliphatic rings. The van der Waals surface area contributed by atoms with Gasteiger partial charge in [-0.3, -0.25) is 4.79 Å². The van der Waals surface area contributed by atoms with E-state index < -0.39 is 11.9 Å². The minimum Gasteiger partial charge on any atom is -0.437 e. The molecular formula is C18H12BrN7O2. The second-order valence-corrected chi connectivity index (χ2v) is 7.08. The lowest BCUT2D eigenvalue weighted by atomic mass is 9.99. The molecule has 5 rings (SSSR count). The van der Waals surface area contributed by atoms with Gasteiger partial charge in [0.05, 0.1) is 22.0 Å². The molecular weight excluding hydrogens is 426 g/mol. The standard InChI is InChI=1S/C18H12BrN7O2/c19-13-12-3-1-2-5-26(12)24-15(13)16-14-10(21-8-22-14)4-6-25(16)18(27)17-11(7-20)23-9-28-17/h1-3,5,8-9,16H,4,6H2,(H,21,22). The smallest absolute Gasteiger partial charge is 0.293 e. The summed E-state index contributed by atoms with van der Waals surface area (Å²) >= 11 is 3.63. The lowest BCUT2D eigenvalue weighted by Crippen LogP contribution is -2.41. The Hall–Kier alpha value is -3.45. The van der Waals surface area contributed by atoms with Gasteiger partial charge in [-0.15, -0.1) is 0 Å². The lowest BCUT2D eigenvalue weighted by Gasteiger charge is -2.33. The Labute approximate surface area is 166 Å². The van der Waals surface area contributed by atoms with Gasteiger partial charge in [0.1, 0.15) is 17.8 Å². The summed E-state index contributed by atoms with van der Waals surface area (Å²) in [6.45, 7) is 0.421. The molecule has 1 aliphatic heterocycles. The molecule has 4 aromatic rings. The number of pyridine rings is 1. The maximum atomic E-state index is 13.2. The normalized spacial score (nSPS) is 16.1. The van der Waals surface area contributed by atoms with E-state index in [-0.39, 0.29) is 11.5 Å². The minimum atomic E-state index is -0.534. The number of nitrogens with zero attached hydrogens (tertiary/aromatic N) is 6. The van der Waals surface area contributed by atoms with Gasteiger partial charge in [-0.2, -0.15) is 10.4 Å². The molecule has 0 fully saturated rings. The average molecular weight is 438 g/mol. The van der Waals surface area contributed by atoms with Gasteiger partial charge < -0.3 is 14.3 Å². The number of imidazole rings is 1. The van der Waals surface area contributed by atoms with E-state index in [1.54, 1.807) is 15.7 Å². The SMILES string of the molecule is N#Cc1ncoc1C(=O)N1CCc2[nH]cnc2C1c1nn2ccccc2c1Br. The minimum absolute atomic E-state index is 0.0364. The number of aromatic amines is 1. The van der Waals surface area contributed by atoms with Crippen molar-refractivity contribution in [1.29, 1.82) is 5.26 Å². The van der Waals surface area contributed by atoms with Gasteiger partial charge >= 0.3 is 0 Å². The van der Waals surface area contributed by atoms with Crippen LogP contribution in [0, 0.1) is 11.3 Å². The molecule has 0 saturated heterocycles. The molecule has 1 unspecified atom stereocenters. The van der Waals surface area contributed by atoms with Gasteiger partial charge in [0, 0.05) is 24.9 Å². The van der Waals surface area contributed by atoms with E-state index in [1.807, 2.05) is 30.5 Å². The van der Waals surface area contributed by atoms with Gasteiger partial charge in [-0.05, 0) is 28.1 Å². The van der Waals surface area contributed by atoms with Crippen LogP contribution in [-0.2, 0) is 6.42 Å². The van der Waals surface area contributed by atoms with E-state index in [0.29, 0.717) is 18.7 Å². The molecule has 0 aliphatic carbocycles. The quantitative estimate of drug-likeness (QED) is 0.514. The summed E-state index contributed by atoms with van der Waals surface area (Å²) in [6, 6.07) is 7.10. The van der Waals surface area contributed by atoms with Crippen molar-refractivity contribution >= 4 is 27.4 Å². The first-order valence-corrected chi connectivity index (χ1v) is 9.27. The molecule has 1 amide bonds.